The third-order valence-electron chi connectivity index (χ3n) is 3.62. The SMILES string of the molecule is Cc1ccc(Br)cc1C1CN(CCCO)C(=O)N1C. The van der Waals surface area contributed by atoms with Gasteiger partial charge in [0.2, 0.25) is 0 Å². The predicted octanol–water partition coefficient (Wildman–Crippen LogP) is 2.55. The summed E-state index contributed by atoms with van der Waals surface area (Å²) >= 11 is 3.49. The van der Waals surface area contributed by atoms with E-state index in [0.29, 0.717) is 19.5 Å². The largest absolute Gasteiger partial charge is 0.396 e. The van der Waals surface area contributed by atoms with E-state index in [1.165, 1.54) is 11.1 Å². The molecule has 1 fully saturated rings. The fourth-order valence-electron chi connectivity index (χ4n) is 2.49. The molecule has 104 valence electrons. The minimum absolute atomic E-state index is 0.0397. The molecule has 19 heavy (non-hydrogen) atoms. The number of urea groups is 1. The number of rotatable bonds is 4. The van der Waals surface area contributed by atoms with Crippen LogP contribution in [-0.2, 0) is 0 Å². The highest BCUT2D eigenvalue weighted by molar-refractivity contribution is 9.10. The quantitative estimate of drug-likeness (QED) is 0.924. The van der Waals surface area contributed by atoms with Crippen molar-refractivity contribution in [3.05, 3.63) is 33.8 Å². The molecule has 0 bridgehead atoms. The fraction of sp³-hybridized carbons (Fsp3) is 0.500. The predicted molar refractivity (Wildman–Crippen MR) is 78.1 cm³/mol. The van der Waals surface area contributed by atoms with Crippen LogP contribution in [0.2, 0.25) is 0 Å². The van der Waals surface area contributed by atoms with Crippen LogP contribution in [0.4, 0.5) is 4.79 Å². The zero-order valence-electron chi connectivity index (χ0n) is 11.3. The van der Waals surface area contributed by atoms with Gasteiger partial charge in [-0.3, -0.25) is 0 Å². The second-order valence-electron chi connectivity index (χ2n) is 4.93. The van der Waals surface area contributed by atoms with E-state index < -0.39 is 0 Å². The van der Waals surface area contributed by atoms with E-state index in [1.807, 2.05) is 13.1 Å². The maximum absolute atomic E-state index is 12.1. The number of nitrogens with zero attached hydrogens (tertiary/aromatic N) is 2. The van der Waals surface area contributed by atoms with Gasteiger partial charge in [0.25, 0.3) is 0 Å². The van der Waals surface area contributed by atoms with E-state index in [1.54, 1.807) is 9.80 Å². The van der Waals surface area contributed by atoms with Crippen molar-refractivity contribution in [1.29, 1.82) is 0 Å². The number of carbonyl (C=O) groups is 1. The van der Waals surface area contributed by atoms with Gasteiger partial charge < -0.3 is 14.9 Å². The van der Waals surface area contributed by atoms with Crippen LogP contribution in [0.25, 0.3) is 0 Å². The van der Waals surface area contributed by atoms with Crippen LogP contribution in [-0.4, -0.2) is 47.7 Å². The molecule has 0 radical (unpaired) electrons. The maximum Gasteiger partial charge on any atom is 0.320 e. The van der Waals surface area contributed by atoms with Gasteiger partial charge >= 0.3 is 6.03 Å². The van der Waals surface area contributed by atoms with Gasteiger partial charge in [-0.25, -0.2) is 4.79 Å². The summed E-state index contributed by atoms with van der Waals surface area (Å²) in [7, 11) is 1.84. The summed E-state index contributed by atoms with van der Waals surface area (Å²) in [6.45, 7) is 3.49. The first kappa shape index (κ1) is 14.3. The summed E-state index contributed by atoms with van der Waals surface area (Å²) in [6, 6.07) is 6.29. The molecule has 1 unspecified atom stereocenters. The summed E-state index contributed by atoms with van der Waals surface area (Å²) in [4.78, 5) is 15.7. The molecular formula is C14H19BrN2O2. The van der Waals surface area contributed by atoms with Crippen molar-refractivity contribution in [2.45, 2.75) is 19.4 Å². The monoisotopic (exact) mass is 326 g/mol. The van der Waals surface area contributed by atoms with Gasteiger partial charge in [-0.05, 0) is 36.6 Å². The summed E-state index contributed by atoms with van der Waals surface area (Å²) < 4.78 is 1.03. The number of halogens is 1. The number of likely N-dealkylation sites (N-methyl/N-ethyl adjacent to an activating group) is 1. The summed E-state index contributed by atoms with van der Waals surface area (Å²) in [5.41, 5.74) is 2.37. The molecule has 2 amide bonds. The zero-order valence-corrected chi connectivity index (χ0v) is 12.9. The van der Waals surface area contributed by atoms with E-state index in [4.69, 9.17) is 5.11 Å². The highest BCUT2D eigenvalue weighted by atomic mass is 79.9. The van der Waals surface area contributed by atoms with E-state index >= 15 is 0 Å². The molecule has 0 aromatic heterocycles. The number of aliphatic hydroxyl groups is 1. The standard InChI is InChI=1S/C14H19BrN2O2/c1-10-4-5-11(15)8-12(10)13-9-17(6-3-7-18)14(19)16(13)2/h4-5,8,13,18H,3,6-7,9H2,1-2H3. The van der Waals surface area contributed by atoms with E-state index in [9.17, 15) is 4.79 Å². The van der Waals surface area contributed by atoms with Crippen LogP contribution in [0.1, 0.15) is 23.6 Å². The third kappa shape index (κ3) is 2.92. The van der Waals surface area contributed by atoms with E-state index in [2.05, 4.69) is 35.0 Å². The first-order valence-corrected chi connectivity index (χ1v) is 7.22. The molecule has 4 nitrogen and oxygen atoms in total. The Labute approximate surface area is 122 Å². The van der Waals surface area contributed by atoms with Gasteiger partial charge in [0.15, 0.2) is 0 Å². The number of hydrogen-bond donors (Lipinski definition) is 1. The van der Waals surface area contributed by atoms with Crippen molar-refractivity contribution < 1.29 is 9.90 Å². The molecule has 1 aliphatic rings. The molecule has 1 aromatic carbocycles. The van der Waals surface area contributed by atoms with Crippen molar-refractivity contribution in [3.63, 3.8) is 0 Å². The molecule has 1 aliphatic heterocycles. The van der Waals surface area contributed by atoms with Gasteiger partial charge in [0.05, 0.1) is 6.04 Å². The average Bonchev–Trinajstić information content (AvgIpc) is 2.67. The first-order valence-electron chi connectivity index (χ1n) is 6.43. The molecule has 0 aliphatic carbocycles. The van der Waals surface area contributed by atoms with E-state index in [-0.39, 0.29) is 18.7 Å². The van der Waals surface area contributed by atoms with Crippen LogP contribution >= 0.6 is 15.9 Å². The highest BCUT2D eigenvalue weighted by Gasteiger charge is 2.35. The molecule has 1 aromatic rings. The van der Waals surface area contributed by atoms with Gasteiger partial charge in [0, 0.05) is 31.2 Å². The second-order valence-corrected chi connectivity index (χ2v) is 5.85. The summed E-state index contributed by atoms with van der Waals surface area (Å²) in [5.74, 6) is 0. The molecule has 1 heterocycles. The normalized spacial score (nSPS) is 19.4. The molecule has 1 N–H and O–H groups in total. The number of benzene rings is 1. The molecule has 1 saturated heterocycles. The zero-order chi connectivity index (χ0) is 14.0. The number of amides is 2. The second kappa shape index (κ2) is 5.92. The van der Waals surface area contributed by atoms with Crippen LogP contribution in [0.15, 0.2) is 22.7 Å². The average molecular weight is 327 g/mol. The Bertz CT molecular complexity index is 479. The highest BCUT2D eigenvalue weighted by Crippen LogP contribution is 2.31. The lowest BCUT2D eigenvalue weighted by atomic mass is 10.0. The van der Waals surface area contributed by atoms with Crippen LogP contribution in [0.3, 0.4) is 0 Å². The van der Waals surface area contributed by atoms with Crippen molar-refractivity contribution in [2.24, 2.45) is 0 Å². The Morgan fingerprint density at radius 1 is 1.47 bits per heavy atom. The van der Waals surface area contributed by atoms with Crippen molar-refractivity contribution in [3.8, 4) is 0 Å². The van der Waals surface area contributed by atoms with E-state index in [0.717, 1.165) is 4.47 Å². The Morgan fingerprint density at radius 3 is 2.89 bits per heavy atom. The molecule has 0 spiro atoms. The number of aliphatic hydroxyl groups excluding tert-OH is 1. The van der Waals surface area contributed by atoms with Crippen LogP contribution < -0.4 is 0 Å². The smallest absolute Gasteiger partial charge is 0.320 e. The van der Waals surface area contributed by atoms with Crippen molar-refractivity contribution in [2.75, 3.05) is 26.7 Å². The lowest BCUT2D eigenvalue weighted by molar-refractivity contribution is 0.191. The minimum Gasteiger partial charge on any atom is -0.396 e. The maximum atomic E-state index is 12.1. The summed E-state index contributed by atoms with van der Waals surface area (Å²) in [5, 5.41) is 8.88. The summed E-state index contributed by atoms with van der Waals surface area (Å²) in [6.07, 6.45) is 0.629. The third-order valence-corrected chi connectivity index (χ3v) is 4.11. The Hall–Kier alpha value is -1.07. The lowest BCUT2D eigenvalue weighted by Crippen LogP contribution is -2.30. The van der Waals surface area contributed by atoms with Gasteiger partial charge in [-0.1, -0.05) is 22.0 Å². The van der Waals surface area contributed by atoms with Gasteiger partial charge in [0.1, 0.15) is 0 Å². The molecule has 2 rings (SSSR count). The molecule has 1 atom stereocenters. The van der Waals surface area contributed by atoms with Crippen molar-refractivity contribution in [1.82, 2.24) is 9.80 Å². The Balaban J connectivity index is 2.21. The first-order chi connectivity index (χ1) is 9.04. The van der Waals surface area contributed by atoms with Crippen molar-refractivity contribution >= 4 is 22.0 Å². The molecule has 5 heteroatoms. The Morgan fingerprint density at radius 2 is 2.21 bits per heavy atom. The minimum atomic E-state index is 0.0397. The van der Waals surface area contributed by atoms with Crippen LogP contribution in [0, 0.1) is 6.92 Å². The topological polar surface area (TPSA) is 43.8 Å². The van der Waals surface area contributed by atoms with Crippen LogP contribution in [0.5, 0.6) is 0 Å². The molecular weight excluding hydrogens is 308 g/mol. The number of aryl methyl sites for hydroxylation is 1. The lowest BCUT2D eigenvalue weighted by Gasteiger charge is -2.20. The number of carbonyl (C=O) groups excluding carboxylic acids is 1. The number of hydrogen-bond acceptors (Lipinski definition) is 2. The molecule has 0 saturated carbocycles. The fourth-order valence-corrected chi connectivity index (χ4v) is 2.87. The van der Waals surface area contributed by atoms with Gasteiger partial charge in [-0.2, -0.15) is 0 Å². The Kier molecular flexibility index (Phi) is 4.47. The van der Waals surface area contributed by atoms with Gasteiger partial charge in [-0.15, -0.1) is 0 Å².